The lowest BCUT2D eigenvalue weighted by Crippen LogP contribution is -2.54. The van der Waals surface area contributed by atoms with Crippen molar-refractivity contribution >= 4 is 29.7 Å². The first-order chi connectivity index (χ1) is 13.6. The Kier molecular flexibility index (Phi) is 12.7. The molecule has 0 heterocycles. The van der Waals surface area contributed by atoms with Gasteiger partial charge in [-0.3, -0.25) is 19.4 Å². The van der Waals surface area contributed by atoms with E-state index in [0.717, 1.165) is 0 Å². The second-order valence-electron chi connectivity index (χ2n) is 6.40. The normalized spacial score (nSPS) is 13.6. The molecule has 13 nitrogen and oxygen atoms in total. The summed E-state index contributed by atoms with van der Waals surface area (Å²) >= 11 is 0. The van der Waals surface area contributed by atoms with Gasteiger partial charge in [0, 0.05) is 6.54 Å². The van der Waals surface area contributed by atoms with Gasteiger partial charge in [-0.05, 0) is 38.6 Å². The van der Waals surface area contributed by atoms with E-state index in [4.69, 9.17) is 28.0 Å². The number of carboxylic acids is 2. The van der Waals surface area contributed by atoms with E-state index < -0.39 is 48.3 Å². The van der Waals surface area contributed by atoms with Crippen molar-refractivity contribution in [2.75, 3.05) is 13.1 Å². The van der Waals surface area contributed by atoms with Crippen LogP contribution in [0.1, 0.15) is 38.5 Å². The number of aliphatic carboxylic acids is 2. The van der Waals surface area contributed by atoms with Crippen molar-refractivity contribution in [1.29, 1.82) is 0 Å². The summed E-state index contributed by atoms with van der Waals surface area (Å²) in [5.41, 5.74) is 21.3. The Bertz CT molecular complexity index is 594. The molecule has 0 aromatic heterocycles. The van der Waals surface area contributed by atoms with Crippen LogP contribution in [0.2, 0.25) is 0 Å². The molecule has 3 atom stereocenters. The van der Waals surface area contributed by atoms with Gasteiger partial charge in [0.05, 0.1) is 12.5 Å². The fourth-order valence-electron chi connectivity index (χ4n) is 2.35. The fourth-order valence-corrected chi connectivity index (χ4v) is 2.35. The highest BCUT2D eigenvalue weighted by Gasteiger charge is 2.28. The summed E-state index contributed by atoms with van der Waals surface area (Å²) in [7, 11) is 0. The van der Waals surface area contributed by atoms with Gasteiger partial charge in [-0.2, -0.15) is 0 Å². The van der Waals surface area contributed by atoms with Gasteiger partial charge in [0.1, 0.15) is 12.1 Å². The highest BCUT2D eigenvalue weighted by molar-refractivity contribution is 5.92. The van der Waals surface area contributed by atoms with E-state index in [2.05, 4.69) is 15.6 Å². The molecule has 2 amide bonds. The zero-order chi connectivity index (χ0) is 22.4. The van der Waals surface area contributed by atoms with Crippen molar-refractivity contribution in [2.45, 2.75) is 56.7 Å². The zero-order valence-corrected chi connectivity index (χ0v) is 16.2. The van der Waals surface area contributed by atoms with Crippen molar-refractivity contribution in [3.8, 4) is 0 Å². The Morgan fingerprint density at radius 2 is 1.48 bits per heavy atom. The topological polar surface area (TPSA) is 249 Å². The molecule has 0 aliphatic heterocycles. The smallest absolute Gasteiger partial charge is 0.326 e. The standard InChI is InChI=1S/C16H31N7O6/c17-6-2-1-4-10(22-13(26)9(18)8-12(24)25)14(27)23-11(15(28)29)5-3-7-21-16(19)20/h9-11H,1-8,17-18H2,(H,22,26)(H,23,27)(H,24,25)(H,28,29)(H4,19,20,21)/t9-,10-,11-/m0/s1. The van der Waals surface area contributed by atoms with Crippen LogP contribution in [-0.4, -0.2) is 71.1 Å². The third kappa shape index (κ3) is 12.2. The van der Waals surface area contributed by atoms with Gasteiger partial charge in [-0.15, -0.1) is 0 Å². The van der Waals surface area contributed by atoms with E-state index in [9.17, 15) is 24.3 Å². The molecule has 0 saturated heterocycles. The maximum absolute atomic E-state index is 12.5. The van der Waals surface area contributed by atoms with Gasteiger partial charge >= 0.3 is 11.9 Å². The Hall–Kier alpha value is -2.93. The lowest BCUT2D eigenvalue weighted by Gasteiger charge is -2.22. The van der Waals surface area contributed by atoms with Crippen LogP contribution in [0.25, 0.3) is 0 Å². The highest BCUT2D eigenvalue weighted by atomic mass is 16.4. The van der Waals surface area contributed by atoms with E-state index in [1.807, 2.05) is 0 Å². The monoisotopic (exact) mass is 417 g/mol. The Balaban J connectivity index is 5.00. The first-order valence-corrected chi connectivity index (χ1v) is 9.14. The van der Waals surface area contributed by atoms with Crippen LogP contribution >= 0.6 is 0 Å². The first-order valence-electron chi connectivity index (χ1n) is 9.14. The third-order valence-corrected chi connectivity index (χ3v) is 3.87. The van der Waals surface area contributed by atoms with Crippen LogP contribution in [0.15, 0.2) is 4.99 Å². The second kappa shape index (κ2) is 14.1. The maximum atomic E-state index is 12.5. The number of nitrogens with two attached hydrogens (primary N) is 4. The molecule has 0 aliphatic carbocycles. The third-order valence-electron chi connectivity index (χ3n) is 3.87. The van der Waals surface area contributed by atoms with Crippen LogP contribution in [0.5, 0.6) is 0 Å². The van der Waals surface area contributed by atoms with Gasteiger partial charge in [-0.25, -0.2) is 4.79 Å². The molecule has 29 heavy (non-hydrogen) atoms. The number of aliphatic imine (C=N–C) groups is 1. The molecule has 0 unspecified atom stereocenters. The minimum atomic E-state index is -1.34. The van der Waals surface area contributed by atoms with Crippen molar-refractivity contribution in [3.63, 3.8) is 0 Å². The fraction of sp³-hybridized carbons (Fsp3) is 0.688. The molecular formula is C16H31N7O6. The predicted octanol–water partition coefficient (Wildman–Crippen LogP) is -2.97. The number of hydrogen-bond acceptors (Lipinski definition) is 7. The largest absolute Gasteiger partial charge is 0.481 e. The van der Waals surface area contributed by atoms with Crippen LogP contribution in [-0.2, 0) is 19.2 Å². The number of carbonyl (C=O) groups excluding carboxylic acids is 2. The summed E-state index contributed by atoms with van der Waals surface area (Å²) in [6.45, 7) is 0.575. The number of hydrogen-bond donors (Lipinski definition) is 8. The van der Waals surface area contributed by atoms with Gasteiger partial charge in [-0.1, -0.05) is 0 Å². The maximum Gasteiger partial charge on any atom is 0.326 e. The van der Waals surface area contributed by atoms with Crippen LogP contribution in [0, 0.1) is 0 Å². The molecule has 0 aromatic rings. The summed E-state index contributed by atoms with van der Waals surface area (Å²) in [5, 5.41) is 22.8. The lowest BCUT2D eigenvalue weighted by atomic mass is 10.1. The van der Waals surface area contributed by atoms with Crippen LogP contribution in [0.4, 0.5) is 0 Å². The SMILES string of the molecule is NCCCC[C@H](NC(=O)[C@@H](N)CC(=O)O)C(=O)N[C@@H](CCCN=C(N)N)C(=O)O. The Morgan fingerprint density at radius 3 is 2.00 bits per heavy atom. The number of unbranched alkanes of at least 4 members (excludes halogenated alkanes) is 1. The number of carboxylic acid groups (broad SMARTS) is 2. The number of rotatable bonds is 15. The minimum absolute atomic E-state index is 0.0693. The molecular weight excluding hydrogens is 386 g/mol. The molecule has 13 heteroatoms. The number of amides is 2. The first kappa shape index (κ1) is 26.1. The molecule has 166 valence electrons. The average Bonchev–Trinajstić information content (AvgIpc) is 2.62. The number of carbonyl (C=O) groups is 4. The number of nitrogens with one attached hydrogen (secondary N) is 2. The molecule has 0 aromatic carbocycles. The van der Waals surface area contributed by atoms with Gasteiger partial charge in [0.2, 0.25) is 11.8 Å². The van der Waals surface area contributed by atoms with E-state index in [-0.39, 0.29) is 25.3 Å². The van der Waals surface area contributed by atoms with Gasteiger partial charge in [0.15, 0.2) is 5.96 Å². The lowest BCUT2D eigenvalue weighted by molar-refractivity contribution is -0.143. The molecule has 0 spiro atoms. The summed E-state index contributed by atoms with van der Waals surface area (Å²) < 4.78 is 0. The van der Waals surface area contributed by atoms with Gasteiger partial charge in [0.25, 0.3) is 0 Å². The molecule has 0 radical (unpaired) electrons. The van der Waals surface area contributed by atoms with Crippen molar-refractivity contribution in [1.82, 2.24) is 10.6 Å². The molecule has 0 bridgehead atoms. The minimum Gasteiger partial charge on any atom is -0.481 e. The summed E-state index contributed by atoms with van der Waals surface area (Å²) in [6, 6.07) is -3.63. The van der Waals surface area contributed by atoms with E-state index in [1.54, 1.807) is 0 Å². The average molecular weight is 417 g/mol. The molecule has 0 fully saturated rings. The quantitative estimate of drug-likeness (QED) is 0.0762. The molecule has 12 N–H and O–H groups in total. The predicted molar refractivity (Wildman–Crippen MR) is 105 cm³/mol. The molecule has 0 aliphatic rings. The van der Waals surface area contributed by atoms with Crippen LogP contribution in [0.3, 0.4) is 0 Å². The van der Waals surface area contributed by atoms with Crippen molar-refractivity contribution in [2.24, 2.45) is 27.9 Å². The van der Waals surface area contributed by atoms with Gasteiger partial charge < -0.3 is 43.8 Å². The Labute approximate surface area is 168 Å². The van der Waals surface area contributed by atoms with E-state index in [0.29, 0.717) is 25.8 Å². The van der Waals surface area contributed by atoms with E-state index in [1.165, 1.54) is 0 Å². The number of nitrogens with zero attached hydrogens (tertiary/aromatic N) is 1. The summed E-state index contributed by atoms with van der Waals surface area (Å²) in [4.78, 5) is 50.4. The highest BCUT2D eigenvalue weighted by Crippen LogP contribution is 2.05. The molecule has 0 saturated carbocycles. The Morgan fingerprint density at radius 1 is 0.897 bits per heavy atom. The summed E-state index contributed by atoms with van der Waals surface area (Å²) in [5.74, 6) is -4.17. The van der Waals surface area contributed by atoms with Crippen LogP contribution < -0.4 is 33.6 Å². The molecule has 0 rings (SSSR count). The number of guanidine groups is 1. The van der Waals surface area contributed by atoms with E-state index >= 15 is 0 Å². The van der Waals surface area contributed by atoms with Crippen molar-refractivity contribution < 1.29 is 29.4 Å². The van der Waals surface area contributed by atoms with Crippen molar-refractivity contribution in [3.05, 3.63) is 0 Å². The summed E-state index contributed by atoms with van der Waals surface area (Å²) in [6.07, 6.45) is 1.04. The second-order valence-corrected chi connectivity index (χ2v) is 6.40. The zero-order valence-electron chi connectivity index (χ0n) is 16.2.